The Balaban J connectivity index is 1.93. The van der Waals surface area contributed by atoms with Crippen LogP contribution in [0.5, 0.6) is 5.75 Å². The molecule has 1 aromatic rings. The minimum absolute atomic E-state index is 0.722. The van der Waals surface area contributed by atoms with Gasteiger partial charge in [0.25, 0.3) is 0 Å². The molecule has 0 aliphatic carbocycles. The van der Waals surface area contributed by atoms with Gasteiger partial charge in [0.15, 0.2) is 0 Å². The SMILES string of the molecule is COc1ccccc1CCN1CC(C)CNCC(C)C1. The van der Waals surface area contributed by atoms with Gasteiger partial charge in [0.2, 0.25) is 0 Å². The third kappa shape index (κ3) is 4.50. The summed E-state index contributed by atoms with van der Waals surface area (Å²) in [4.78, 5) is 2.61. The summed E-state index contributed by atoms with van der Waals surface area (Å²) in [7, 11) is 1.75. The number of para-hydroxylation sites is 1. The van der Waals surface area contributed by atoms with Crippen molar-refractivity contribution in [1.82, 2.24) is 10.2 Å². The van der Waals surface area contributed by atoms with Crippen molar-refractivity contribution in [2.75, 3.05) is 39.8 Å². The molecule has 1 N–H and O–H groups in total. The zero-order valence-electron chi connectivity index (χ0n) is 13.1. The predicted octanol–water partition coefficient (Wildman–Crippen LogP) is 2.42. The molecule has 0 amide bonds. The molecular weight excluding hydrogens is 248 g/mol. The molecule has 0 radical (unpaired) electrons. The Morgan fingerprint density at radius 3 is 2.45 bits per heavy atom. The van der Waals surface area contributed by atoms with Gasteiger partial charge in [-0.1, -0.05) is 32.0 Å². The topological polar surface area (TPSA) is 24.5 Å². The second-order valence-corrected chi connectivity index (χ2v) is 6.19. The summed E-state index contributed by atoms with van der Waals surface area (Å²) in [6.45, 7) is 10.4. The molecule has 0 spiro atoms. The van der Waals surface area contributed by atoms with Gasteiger partial charge in [0.1, 0.15) is 5.75 Å². The molecule has 112 valence electrons. The van der Waals surface area contributed by atoms with Crippen molar-refractivity contribution in [3.8, 4) is 5.75 Å². The molecule has 1 fully saturated rings. The molecule has 3 nitrogen and oxygen atoms in total. The first-order valence-electron chi connectivity index (χ1n) is 7.74. The van der Waals surface area contributed by atoms with Gasteiger partial charge in [-0.2, -0.15) is 0 Å². The van der Waals surface area contributed by atoms with Crippen molar-refractivity contribution in [2.45, 2.75) is 20.3 Å². The molecule has 1 aliphatic heterocycles. The van der Waals surface area contributed by atoms with Crippen LogP contribution >= 0.6 is 0 Å². The number of ether oxygens (including phenoxy) is 1. The maximum atomic E-state index is 5.44. The Morgan fingerprint density at radius 1 is 1.15 bits per heavy atom. The van der Waals surface area contributed by atoms with Gasteiger partial charge in [-0.05, 0) is 43.0 Å². The van der Waals surface area contributed by atoms with Crippen LogP contribution in [0.25, 0.3) is 0 Å². The molecule has 1 aromatic carbocycles. The van der Waals surface area contributed by atoms with Crippen LogP contribution in [-0.2, 0) is 6.42 Å². The second-order valence-electron chi connectivity index (χ2n) is 6.19. The van der Waals surface area contributed by atoms with Gasteiger partial charge in [0.05, 0.1) is 7.11 Å². The van der Waals surface area contributed by atoms with Crippen molar-refractivity contribution in [3.05, 3.63) is 29.8 Å². The van der Waals surface area contributed by atoms with E-state index in [4.69, 9.17) is 4.74 Å². The lowest BCUT2D eigenvalue weighted by molar-refractivity contribution is 0.187. The van der Waals surface area contributed by atoms with Gasteiger partial charge < -0.3 is 15.0 Å². The van der Waals surface area contributed by atoms with Crippen LogP contribution in [0.3, 0.4) is 0 Å². The number of nitrogens with one attached hydrogen (secondary N) is 1. The highest BCUT2D eigenvalue weighted by molar-refractivity contribution is 5.33. The number of hydrogen-bond donors (Lipinski definition) is 1. The van der Waals surface area contributed by atoms with E-state index in [1.807, 2.05) is 6.07 Å². The van der Waals surface area contributed by atoms with E-state index in [9.17, 15) is 0 Å². The molecule has 2 unspecified atom stereocenters. The Labute approximate surface area is 123 Å². The Bertz CT molecular complexity index is 396. The van der Waals surface area contributed by atoms with E-state index in [0.717, 1.165) is 43.6 Å². The number of nitrogens with zero attached hydrogens (tertiary/aromatic N) is 1. The minimum Gasteiger partial charge on any atom is -0.496 e. The Morgan fingerprint density at radius 2 is 1.80 bits per heavy atom. The first kappa shape index (κ1) is 15.3. The number of benzene rings is 1. The van der Waals surface area contributed by atoms with E-state index in [1.165, 1.54) is 18.7 Å². The highest BCUT2D eigenvalue weighted by Crippen LogP contribution is 2.18. The Kier molecular flexibility index (Phi) is 5.86. The van der Waals surface area contributed by atoms with Crippen molar-refractivity contribution in [3.63, 3.8) is 0 Å². The van der Waals surface area contributed by atoms with Crippen molar-refractivity contribution >= 4 is 0 Å². The van der Waals surface area contributed by atoms with E-state index < -0.39 is 0 Å². The summed E-state index contributed by atoms with van der Waals surface area (Å²) in [6.07, 6.45) is 1.07. The molecule has 0 aromatic heterocycles. The molecule has 1 heterocycles. The average molecular weight is 276 g/mol. The smallest absolute Gasteiger partial charge is 0.122 e. The standard InChI is InChI=1S/C17H28N2O/c1-14-10-18-11-15(2)13-19(12-14)9-8-16-6-4-5-7-17(16)20-3/h4-7,14-15,18H,8-13H2,1-3H3. The van der Waals surface area contributed by atoms with Crippen LogP contribution in [0.1, 0.15) is 19.4 Å². The zero-order valence-corrected chi connectivity index (χ0v) is 13.1. The van der Waals surface area contributed by atoms with E-state index in [0.29, 0.717) is 0 Å². The predicted molar refractivity (Wildman–Crippen MR) is 84.3 cm³/mol. The van der Waals surface area contributed by atoms with E-state index in [1.54, 1.807) is 7.11 Å². The molecule has 2 rings (SSSR count). The number of hydrogen-bond acceptors (Lipinski definition) is 3. The van der Waals surface area contributed by atoms with E-state index in [-0.39, 0.29) is 0 Å². The Hall–Kier alpha value is -1.06. The molecule has 1 saturated heterocycles. The number of rotatable bonds is 4. The second kappa shape index (κ2) is 7.65. The van der Waals surface area contributed by atoms with Crippen LogP contribution in [0.4, 0.5) is 0 Å². The van der Waals surface area contributed by atoms with Crippen molar-refractivity contribution in [1.29, 1.82) is 0 Å². The van der Waals surface area contributed by atoms with E-state index >= 15 is 0 Å². The van der Waals surface area contributed by atoms with Crippen LogP contribution in [-0.4, -0.2) is 44.7 Å². The monoisotopic (exact) mass is 276 g/mol. The normalized spacial score (nSPS) is 24.9. The maximum absolute atomic E-state index is 5.44. The summed E-state index contributed by atoms with van der Waals surface area (Å²) in [5, 5.41) is 3.55. The van der Waals surface area contributed by atoms with Crippen molar-refractivity contribution < 1.29 is 4.74 Å². The lowest BCUT2D eigenvalue weighted by Gasteiger charge is -2.31. The van der Waals surface area contributed by atoms with Crippen LogP contribution in [0, 0.1) is 11.8 Å². The quantitative estimate of drug-likeness (QED) is 0.914. The van der Waals surface area contributed by atoms with Gasteiger partial charge >= 0.3 is 0 Å². The summed E-state index contributed by atoms with van der Waals surface area (Å²) in [5.74, 6) is 2.46. The third-order valence-corrected chi connectivity index (χ3v) is 4.02. The summed E-state index contributed by atoms with van der Waals surface area (Å²) < 4.78 is 5.44. The van der Waals surface area contributed by atoms with Crippen LogP contribution in [0.15, 0.2) is 24.3 Å². The van der Waals surface area contributed by atoms with Crippen LogP contribution in [0.2, 0.25) is 0 Å². The first-order valence-corrected chi connectivity index (χ1v) is 7.74. The molecular formula is C17H28N2O. The number of methoxy groups -OCH3 is 1. The zero-order chi connectivity index (χ0) is 14.4. The molecule has 1 aliphatic rings. The largest absolute Gasteiger partial charge is 0.496 e. The molecule has 0 bridgehead atoms. The minimum atomic E-state index is 0.722. The summed E-state index contributed by atoms with van der Waals surface area (Å²) in [6, 6.07) is 8.37. The molecule has 3 heteroatoms. The summed E-state index contributed by atoms with van der Waals surface area (Å²) in [5.41, 5.74) is 1.32. The third-order valence-electron chi connectivity index (χ3n) is 4.02. The van der Waals surface area contributed by atoms with E-state index in [2.05, 4.69) is 42.3 Å². The fourth-order valence-corrected chi connectivity index (χ4v) is 3.03. The van der Waals surface area contributed by atoms with Gasteiger partial charge in [-0.25, -0.2) is 0 Å². The lowest BCUT2D eigenvalue weighted by atomic mass is 10.0. The van der Waals surface area contributed by atoms with Crippen LogP contribution < -0.4 is 10.1 Å². The summed E-state index contributed by atoms with van der Waals surface area (Å²) >= 11 is 0. The molecule has 20 heavy (non-hydrogen) atoms. The van der Waals surface area contributed by atoms with Gasteiger partial charge in [-0.15, -0.1) is 0 Å². The first-order chi connectivity index (χ1) is 9.69. The highest BCUT2D eigenvalue weighted by atomic mass is 16.5. The van der Waals surface area contributed by atoms with Crippen molar-refractivity contribution in [2.24, 2.45) is 11.8 Å². The average Bonchev–Trinajstić information content (AvgIpc) is 2.43. The molecule has 0 saturated carbocycles. The van der Waals surface area contributed by atoms with Gasteiger partial charge in [0, 0.05) is 19.6 Å². The fourth-order valence-electron chi connectivity index (χ4n) is 3.03. The van der Waals surface area contributed by atoms with Gasteiger partial charge in [-0.3, -0.25) is 0 Å². The highest BCUT2D eigenvalue weighted by Gasteiger charge is 2.17. The fraction of sp³-hybridized carbons (Fsp3) is 0.647. The lowest BCUT2D eigenvalue weighted by Crippen LogP contribution is -2.43. The maximum Gasteiger partial charge on any atom is 0.122 e. The molecule has 2 atom stereocenters.